The lowest BCUT2D eigenvalue weighted by Crippen LogP contribution is -2.32. The normalized spacial score (nSPS) is 15.8. The Morgan fingerprint density at radius 2 is 2.30 bits per heavy atom. The first-order chi connectivity index (χ1) is 4.72. The molecule has 0 rings (SSSR count). The van der Waals surface area contributed by atoms with Gasteiger partial charge in [0.1, 0.15) is 18.6 Å². The SMILES string of the molecule is NC(O)C(CCC=O)N=O. The van der Waals surface area contributed by atoms with Crippen LogP contribution in [0.3, 0.4) is 0 Å². The topological polar surface area (TPSA) is 92.8 Å². The molecule has 0 aromatic carbocycles. The number of nitrogens with zero attached hydrogens (tertiary/aromatic N) is 1. The molecule has 0 heterocycles. The quantitative estimate of drug-likeness (QED) is 0.307. The average molecular weight is 146 g/mol. The van der Waals surface area contributed by atoms with Gasteiger partial charge in [0.25, 0.3) is 0 Å². The molecule has 58 valence electrons. The number of nitroso groups, excluding NO2 is 1. The van der Waals surface area contributed by atoms with Gasteiger partial charge in [0, 0.05) is 6.42 Å². The zero-order valence-electron chi connectivity index (χ0n) is 5.43. The maximum absolute atomic E-state index is 9.85. The second-order valence-electron chi connectivity index (χ2n) is 1.91. The third kappa shape index (κ3) is 3.26. The van der Waals surface area contributed by atoms with E-state index in [0.717, 1.165) is 0 Å². The lowest BCUT2D eigenvalue weighted by atomic mass is 10.1. The number of carbonyl (C=O) groups is 1. The summed E-state index contributed by atoms with van der Waals surface area (Å²) >= 11 is 0. The third-order valence-electron chi connectivity index (χ3n) is 1.11. The molecule has 5 nitrogen and oxygen atoms in total. The maximum Gasteiger partial charge on any atom is 0.131 e. The Morgan fingerprint density at radius 1 is 1.70 bits per heavy atom. The summed E-state index contributed by atoms with van der Waals surface area (Å²) in [7, 11) is 0. The fraction of sp³-hybridized carbons (Fsp3) is 0.800. The molecule has 10 heavy (non-hydrogen) atoms. The van der Waals surface area contributed by atoms with Crippen molar-refractivity contribution in [2.75, 3.05) is 0 Å². The van der Waals surface area contributed by atoms with Crippen molar-refractivity contribution in [3.8, 4) is 0 Å². The number of hydrogen-bond acceptors (Lipinski definition) is 5. The van der Waals surface area contributed by atoms with Crippen molar-refractivity contribution in [3.05, 3.63) is 4.91 Å². The van der Waals surface area contributed by atoms with Crippen LogP contribution in [0.5, 0.6) is 0 Å². The molecule has 0 amide bonds. The van der Waals surface area contributed by atoms with Crippen molar-refractivity contribution in [1.29, 1.82) is 0 Å². The molecule has 3 N–H and O–H groups in total. The van der Waals surface area contributed by atoms with E-state index in [1.807, 2.05) is 0 Å². The first-order valence-corrected chi connectivity index (χ1v) is 2.92. The molecule has 0 saturated carbocycles. The molecule has 0 fully saturated rings. The Hall–Kier alpha value is -0.810. The van der Waals surface area contributed by atoms with Crippen molar-refractivity contribution in [2.45, 2.75) is 25.1 Å². The minimum Gasteiger partial charge on any atom is -0.376 e. The lowest BCUT2D eigenvalue weighted by molar-refractivity contribution is -0.108. The molecule has 0 bridgehead atoms. The smallest absolute Gasteiger partial charge is 0.131 e. The summed E-state index contributed by atoms with van der Waals surface area (Å²) in [6, 6.07) is -0.856. The van der Waals surface area contributed by atoms with Crippen molar-refractivity contribution in [3.63, 3.8) is 0 Å². The summed E-state index contributed by atoms with van der Waals surface area (Å²) in [6.07, 6.45) is -0.187. The van der Waals surface area contributed by atoms with E-state index < -0.39 is 12.3 Å². The van der Waals surface area contributed by atoms with Crippen LogP contribution in [0.25, 0.3) is 0 Å². The maximum atomic E-state index is 9.85. The largest absolute Gasteiger partial charge is 0.376 e. The second-order valence-corrected chi connectivity index (χ2v) is 1.91. The molecule has 0 aliphatic carbocycles. The van der Waals surface area contributed by atoms with E-state index in [2.05, 4.69) is 5.18 Å². The first kappa shape index (κ1) is 9.19. The van der Waals surface area contributed by atoms with E-state index in [0.29, 0.717) is 6.29 Å². The Labute approximate surface area is 58.2 Å². The lowest BCUT2D eigenvalue weighted by Gasteiger charge is -2.08. The van der Waals surface area contributed by atoms with Crippen LogP contribution in [-0.2, 0) is 4.79 Å². The monoisotopic (exact) mass is 146 g/mol. The van der Waals surface area contributed by atoms with Crippen molar-refractivity contribution in [1.82, 2.24) is 0 Å². The fourth-order valence-corrected chi connectivity index (χ4v) is 0.525. The van der Waals surface area contributed by atoms with E-state index in [1.165, 1.54) is 0 Å². The summed E-state index contributed by atoms with van der Waals surface area (Å²) < 4.78 is 0. The molecular weight excluding hydrogens is 136 g/mol. The van der Waals surface area contributed by atoms with Crippen LogP contribution in [0.15, 0.2) is 5.18 Å². The van der Waals surface area contributed by atoms with Gasteiger partial charge >= 0.3 is 0 Å². The number of nitrogens with two attached hydrogens (primary N) is 1. The van der Waals surface area contributed by atoms with Gasteiger partial charge in [0.15, 0.2) is 0 Å². The van der Waals surface area contributed by atoms with Gasteiger partial charge in [0.2, 0.25) is 0 Å². The Balaban J connectivity index is 3.59. The number of aliphatic hydroxyl groups excluding tert-OH is 1. The van der Waals surface area contributed by atoms with Crippen LogP contribution in [0, 0.1) is 4.91 Å². The van der Waals surface area contributed by atoms with Crippen LogP contribution in [0.1, 0.15) is 12.8 Å². The zero-order chi connectivity index (χ0) is 7.98. The van der Waals surface area contributed by atoms with E-state index in [9.17, 15) is 9.70 Å². The predicted molar refractivity (Wildman–Crippen MR) is 35.1 cm³/mol. The summed E-state index contributed by atoms with van der Waals surface area (Å²) in [6.45, 7) is 0. The second kappa shape index (κ2) is 5.01. The fourth-order valence-electron chi connectivity index (χ4n) is 0.525. The van der Waals surface area contributed by atoms with E-state index in [1.54, 1.807) is 0 Å². The number of aldehydes is 1. The van der Waals surface area contributed by atoms with Gasteiger partial charge in [-0.05, 0) is 6.42 Å². The van der Waals surface area contributed by atoms with Crippen LogP contribution in [-0.4, -0.2) is 23.7 Å². The number of hydrogen-bond donors (Lipinski definition) is 2. The summed E-state index contributed by atoms with van der Waals surface area (Å²) in [5, 5.41) is 11.1. The van der Waals surface area contributed by atoms with Gasteiger partial charge < -0.3 is 15.6 Å². The van der Waals surface area contributed by atoms with Gasteiger partial charge in [-0.2, -0.15) is 4.91 Å². The highest BCUT2D eigenvalue weighted by molar-refractivity contribution is 5.49. The van der Waals surface area contributed by atoms with Gasteiger partial charge in [-0.15, -0.1) is 0 Å². The molecule has 5 heteroatoms. The van der Waals surface area contributed by atoms with Gasteiger partial charge in [-0.3, -0.25) is 0 Å². The zero-order valence-corrected chi connectivity index (χ0v) is 5.43. The molecule has 0 aromatic heterocycles. The Bertz CT molecular complexity index is 115. The number of rotatable bonds is 5. The standard InChI is InChI=1S/C5H10N2O3/c6-5(9)4(7-10)2-1-3-8/h3-5,9H,1-2,6H2. The molecule has 0 saturated heterocycles. The van der Waals surface area contributed by atoms with Crippen molar-refractivity contribution >= 4 is 6.29 Å². The Kier molecular flexibility index (Phi) is 4.61. The minimum absolute atomic E-state index is 0.199. The molecular formula is C5H10N2O3. The van der Waals surface area contributed by atoms with E-state index in [-0.39, 0.29) is 12.8 Å². The first-order valence-electron chi connectivity index (χ1n) is 2.92. The van der Waals surface area contributed by atoms with Crippen LogP contribution >= 0.6 is 0 Å². The van der Waals surface area contributed by atoms with Gasteiger partial charge in [0.05, 0.1) is 0 Å². The van der Waals surface area contributed by atoms with Crippen molar-refractivity contribution < 1.29 is 9.90 Å². The van der Waals surface area contributed by atoms with Crippen LogP contribution in [0.2, 0.25) is 0 Å². The molecule has 0 aromatic rings. The van der Waals surface area contributed by atoms with Crippen molar-refractivity contribution in [2.24, 2.45) is 10.9 Å². The van der Waals surface area contributed by atoms with E-state index in [4.69, 9.17) is 10.8 Å². The summed E-state index contributed by atoms with van der Waals surface area (Å²) in [5.41, 5.74) is 4.93. The van der Waals surface area contributed by atoms with Gasteiger partial charge in [-0.25, -0.2) is 0 Å². The molecule has 0 radical (unpaired) electrons. The predicted octanol–water partition coefficient (Wildman–Crippen LogP) is -0.622. The highest BCUT2D eigenvalue weighted by Crippen LogP contribution is 2.01. The van der Waals surface area contributed by atoms with Crippen LogP contribution in [0.4, 0.5) is 0 Å². The molecule has 2 unspecified atom stereocenters. The molecule has 2 atom stereocenters. The molecule has 0 spiro atoms. The van der Waals surface area contributed by atoms with Gasteiger partial charge in [-0.1, -0.05) is 5.18 Å². The summed E-state index contributed by atoms with van der Waals surface area (Å²) in [4.78, 5) is 19.6. The number of aliphatic hydroxyl groups is 1. The third-order valence-corrected chi connectivity index (χ3v) is 1.11. The minimum atomic E-state index is -1.25. The average Bonchev–Trinajstić information content (AvgIpc) is 1.89. The van der Waals surface area contributed by atoms with E-state index >= 15 is 0 Å². The molecule has 0 aliphatic heterocycles. The number of carbonyl (C=O) groups excluding carboxylic acids is 1. The highest BCUT2D eigenvalue weighted by atomic mass is 16.3. The highest BCUT2D eigenvalue weighted by Gasteiger charge is 2.14. The van der Waals surface area contributed by atoms with Crippen LogP contribution < -0.4 is 5.73 Å². The summed E-state index contributed by atoms with van der Waals surface area (Å²) in [5.74, 6) is 0. The Morgan fingerprint density at radius 3 is 2.60 bits per heavy atom. The molecule has 0 aliphatic rings.